The van der Waals surface area contributed by atoms with Crippen molar-refractivity contribution in [2.45, 2.75) is 60.8 Å². The molecule has 250 valence electrons. The third kappa shape index (κ3) is 18.9. The summed E-state index contributed by atoms with van der Waals surface area (Å²) >= 11 is 0. The number of hydrogen-bond donors (Lipinski definition) is 5. The fraction of sp³-hybridized carbons (Fsp3) is 0.741. The van der Waals surface area contributed by atoms with E-state index in [1.54, 1.807) is 13.8 Å². The van der Waals surface area contributed by atoms with Gasteiger partial charge in [-0.2, -0.15) is 4.99 Å². The Hall–Kier alpha value is -2.63. The van der Waals surface area contributed by atoms with Gasteiger partial charge in [0.1, 0.15) is 5.41 Å². The first-order valence-electron chi connectivity index (χ1n) is 14.1. The molecule has 0 bridgehead atoms. The molecule has 0 aromatic rings. The summed E-state index contributed by atoms with van der Waals surface area (Å²) in [6, 6.07) is -0.595. The first-order chi connectivity index (χ1) is 20.1. The molecule has 44 heavy (non-hydrogen) atoms. The number of aliphatic carboxylic acids is 3. The number of aliphatic hydroxyl groups excluding tert-OH is 1. The molecule has 0 saturated carbocycles. The number of nitrogens with one attached hydrogen (secondary N) is 1. The van der Waals surface area contributed by atoms with Gasteiger partial charge in [0.15, 0.2) is 0 Å². The molecule has 0 aliphatic carbocycles. The number of amidine groups is 1. The van der Waals surface area contributed by atoms with Crippen molar-refractivity contribution in [1.82, 2.24) is 15.1 Å². The van der Waals surface area contributed by atoms with Crippen LogP contribution >= 0.6 is 0 Å². The molecule has 1 rings (SSSR count). The minimum atomic E-state index is -1.20. The number of rotatable bonds is 18. The summed E-state index contributed by atoms with van der Waals surface area (Å²) in [6.45, 7) is 11.4. The number of amides is 2. The molecule has 1 heterocycles. The van der Waals surface area contributed by atoms with Crippen molar-refractivity contribution in [3.8, 4) is 0 Å². The molecule has 2 amide bonds. The molecule has 0 saturated heterocycles. The molecule has 0 spiro atoms. The Kier molecular flexibility index (Phi) is 26.7. The number of carboxylic acids is 3. The third-order valence-electron chi connectivity index (χ3n) is 6.22. The number of hydrogen-bond acceptors (Lipinski definition) is 10. The van der Waals surface area contributed by atoms with Crippen LogP contribution < -0.4 is 5.32 Å². The molecule has 17 heteroatoms. The molecule has 16 nitrogen and oxygen atoms in total. The molecule has 0 aromatic heterocycles. The SMILES string of the molecule is CCCC(C)C1(CC)C(=O)N=C(O)NC1=O.CCOC(=O)CN(CCN(CC(=O)O)CC(=O)O)CC(=O)O.CCOCC.[NaH]. The summed E-state index contributed by atoms with van der Waals surface area (Å²) in [5, 5.41) is 37.5. The van der Waals surface area contributed by atoms with Gasteiger partial charge in [-0.3, -0.25) is 43.9 Å². The van der Waals surface area contributed by atoms with E-state index >= 15 is 0 Å². The predicted octanol–water partition coefficient (Wildman–Crippen LogP) is 0.191. The molecule has 1 aliphatic rings. The van der Waals surface area contributed by atoms with E-state index in [0.29, 0.717) is 6.42 Å². The summed E-state index contributed by atoms with van der Waals surface area (Å²) in [6.07, 6.45) is 2.08. The zero-order valence-corrected chi connectivity index (χ0v) is 26.0. The van der Waals surface area contributed by atoms with Gasteiger partial charge in [0.25, 0.3) is 11.9 Å². The van der Waals surface area contributed by atoms with Crippen LogP contribution in [0.4, 0.5) is 0 Å². The van der Waals surface area contributed by atoms with Crippen LogP contribution in [0.1, 0.15) is 60.8 Å². The van der Waals surface area contributed by atoms with E-state index in [0.717, 1.165) is 31.0 Å². The Bertz CT molecular complexity index is 932. The number of ether oxygens (including phenoxy) is 2. The number of carbonyl (C=O) groups excluding carboxylic acids is 3. The second-order valence-corrected chi connectivity index (χ2v) is 9.40. The zero-order chi connectivity index (χ0) is 33.6. The van der Waals surface area contributed by atoms with Gasteiger partial charge in [0.2, 0.25) is 5.91 Å². The molecule has 2 unspecified atom stereocenters. The van der Waals surface area contributed by atoms with Crippen LogP contribution in [-0.2, 0) is 38.2 Å². The average molecular weight is 645 g/mol. The van der Waals surface area contributed by atoms with Crippen LogP contribution in [-0.4, -0.2) is 161 Å². The fourth-order valence-corrected chi connectivity index (χ4v) is 4.19. The Morgan fingerprint density at radius 1 is 0.841 bits per heavy atom. The summed E-state index contributed by atoms with van der Waals surface area (Å²) in [5.41, 5.74) is -1.11. The number of aliphatic hydroxyl groups is 1. The molecule has 0 radical (unpaired) electrons. The Labute approximate surface area is 280 Å². The van der Waals surface area contributed by atoms with Crippen LogP contribution in [0.3, 0.4) is 0 Å². The van der Waals surface area contributed by atoms with E-state index in [-0.39, 0.29) is 61.7 Å². The van der Waals surface area contributed by atoms with Gasteiger partial charge in [-0.05, 0) is 39.5 Å². The monoisotopic (exact) mass is 644 g/mol. The van der Waals surface area contributed by atoms with Crippen molar-refractivity contribution in [2.75, 3.05) is 59.1 Å². The Morgan fingerprint density at radius 2 is 1.30 bits per heavy atom. The predicted molar refractivity (Wildman–Crippen MR) is 162 cm³/mol. The zero-order valence-electron chi connectivity index (χ0n) is 26.0. The first-order valence-corrected chi connectivity index (χ1v) is 14.1. The topological polar surface area (TPSA) is 233 Å². The van der Waals surface area contributed by atoms with E-state index < -0.39 is 66.8 Å². The standard InChI is InChI=1S/C12H20N2O8.C11H18N2O3.C4H10O.Na.H/c1-2-22-12(21)8-14(7-11(19)20)4-3-13(5-9(15)16)6-10(17)18;1-4-6-7(3)11(5-2)8(14)12-10(16)13-9(11)15;1-3-5-4-2;;/h2-8H2,1H3,(H,15,16)(H,17,18)(H,19,20);7H,4-6H2,1-3H3,(H2,12,13,14,15,16);3-4H2,1-2H3;;. The van der Waals surface area contributed by atoms with Crippen molar-refractivity contribution in [2.24, 2.45) is 16.3 Å². The minimum absolute atomic E-state index is 0. The first kappa shape index (κ1) is 45.8. The third-order valence-corrected chi connectivity index (χ3v) is 6.22. The Balaban J connectivity index is -0.000000668. The van der Waals surface area contributed by atoms with Gasteiger partial charge in [-0.25, -0.2) is 0 Å². The number of carbonyl (C=O) groups is 6. The maximum atomic E-state index is 11.9. The Morgan fingerprint density at radius 3 is 1.61 bits per heavy atom. The molecule has 2 atom stereocenters. The average Bonchev–Trinajstić information content (AvgIpc) is 2.88. The van der Waals surface area contributed by atoms with Crippen LogP contribution in [0.25, 0.3) is 0 Å². The van der Waals surface area contributed by atoms with Gasteiger partial charge in [-0.15, -0.1) is 0 Å². The summed E-state index contributed by atoms with van der Waals surface area (Å²) in [4.78, 5) is 73.1. The van der Waals surface area contributed by atoms with Crippen LogP contribution in [0.2, 0.25) is 0 Å². The van der Waals surface area contributed by atoms with Crippen molar-refractivity contribution in [3.63, 3.8) is 0 Å². The molecular formula is C27H49N4NaO12. The van der Waals surface area contributed by atoms with E-state index in [1.807, 2.05) is 27.7 Å². The summed E-state index contributed by atoms with van der Waals surface area (Å²) in [7, 11) is 0. The number of esters is 1. The van der Waals surface area contributed by atoms with Crippen molar-refractivity contribution in [3.05, 3.63) is 0 Å². The molecule has 0 aromatic carbocycles. The van der Waals surface area contributed by atoms with Crippen LogP contribution in [0, 0.1) is 11.3 Å². The maximum absolute atomic E-state index is 11.9. The summed E-state index contributed by atoms with van der Waals surface area (Å²) < 4.78 is 9.55. The second kappa shape index (κ2) is 25.7. The van der Waals surface area contributed by atoms with Crippen LogP contribution in [0.15, 0.2) is 4.99 Å². The second-order valence-electron chi connectivity index (χ2n) is 9.40. The van der Waals surface area contributed by atoms with Gasteiger partial charge in [0.05, 0.1) is 32.8 Å². The molecular weight excluding hydrogens is 595 g/mol. The van der Waals surface area contributed by atoms with E-state index in [9.17, 15) is 28.8 Å². The number of nitrogens with zero attached hydrogens (tertiary/aromatic N) is 3. The number of carboxylic acid groups (broad SMARTS) is 3. The molecule has 1 aliphatic heterocycles. The van der Waals surface area contributed by atoms with E-state index in [2.05, 4.69) is 10.3 Å². The van der Waals surface area contributed by atoms with Gasteiger partial charge < -0.3 is 29.9 Å². The van der Waals surface area contributed by atoms with E-state index in [4.69, 9.17) is 29.9 Å². The summed E-state index contributed by atoms with van der Waals surface area (Å²) in [5.74, 6) is -5.20. The normalized spacial score (nSPS) is 16.2. The quantitative estimate of drug-likeness (QED) is 0.0762. The van der Waals surface area contributed by atoms with Crippen molar-refractivity contribution >= 4 is 71.3 Å². The van der Waals surface area contributed by atoms with Crippen LogP contribution in [0.5, 0.6) is 0 Å². The number of aliphatic imine (C=N–C) groups is 1. The van der Waals surface area contributed by atoms with Crippen molar-refractivity contribution < 1.29 is 58.7 Å². The van der Waals surface area contributed by atoms with E-state index in [1.165, 1.54) is 4.90 Å². The fourth-order valence-electron chi connectivity index (χ4n) is 4.19. The van der Waals surface area contributed by atoms with Gasteiger partial charge in [0, 0.05) is 26.3 Å². The van der Waals surface area contributed by atoms with Gasteiger partial charge >= 0.3 is 53.4 Å². The molecule has 5 N–H and O–H groups in total. The van der Waals surface area contributed by atoms with Crippen molar-refractivity contribution in [1.29, 1.82) is 0 Å². The van der Waals surface area contributed by atoms with Gasteiger partial charge in [-0.1, -0.05) is 27.2 Å². The molecule has 0 fully saturated rings.